The van der Waals surface area contributed by atoms with Crippen LogP contribution in [0, 0.1) is 11.3 Å². The summed E-state index contributed by atoms with van der Waals surface area (Å²) in [6.45, 7) is 0.246. The molecule has 0 atom stereocenters. The topological polar surface area (TPSA) is 99.4 Å². The second-order valence-corrected chi connectivity index (χ2v) is 5.56. The van der Waals surface area contributed by atoms with Gasteiger partial charge in [0.1, 0.15) is 12.4 Å². The van der Waals surface area contributed by atoms with Crippen LogP contribution in [0.3, 0.4) is 0 Å². The molecule has 0 unspecified atom stereocenters. The van der Waals surface area contributed by atoms with Crippen molar-refractivity contribution >= 4 is 23.6 Å². The van der Waals surface area contributed by atoms with E-state index in [0.717, 1.165) is 5.56 Å². The van der Waals surface area contributed by atoms with E-state index in [2.05, 4.69) is 5.32 Å². The van der Waals surface area contributed by atoms with Gasteiger partial charge in [0.2, 0.25) is 0 Å². The average Bonchev–Trinajstić information content (AvgIpc) is 2.61. The monoisotopic (exact) mass is 334 g/mol. The molecule has 0 aliphatic carbocycles. The van der Waals surface area contributed by atoms with E-state index in [4.69, 9.17) is 15.1 Å². The van der Waals surface area contributed by atoms with Gasteiger partial charge in [-0.2, -0.15) is 5.26 Å². The molecule has 1 aliphatic rings. The number of carboxylic acid groups (broad SMARTS) is 1. The number of benzene rings is 2. The maximum Gasteiger partial charge on any atom is 0.307 e. The first kappa shape index (κ1) is 16.3. The number of amides is 1. The van der Waals surface area contributed by atoms with Crippen LogP contribution in [0.4, 0.5) is 5.69 Å². The Bertz CT molecular complexity index is 908. The first-order valence-electron chi connectivity index (χ1n) is 7.55. The Labute approximate surface area is 144 Å². The van der Waals surface area contributed by atoms with Gasteiger partial charge in [-0.25, -0.2) is 0 Å². The van der Waals surface area contributed by atoms with Gasteiger partial charge in [-0.1, -0.05) is 0 Å². The minimum atomic E-state index is -0.913. The van der Waals surface area contributed by atoms with E-state index >= 15 is 0 Å². The zero-order valence-corrected chi connectivity index (χ0v) is 13.2. The van der Waals surface area contributed by atoms with Crippen molar-refractivity contribution in [3.63, 3.8) is 0 Å². The number of carboxylic acids is 1. The van der Waals surface area contributed by atoms with Gasteiger partial charge in [-0.05, 0) is 54.1 Å². The van der Waals surface area contributed by atoms with E-state index in [-0.39, 0.29) is 18.9 Å². The van der Waals surface area contributed by atoms with E-state index in [1.54, 1.807) is 48.5 Å². The van der Waals surface area contributed by atoms with Crippen molar-refractivity contribution in [2.75, 3.05) is 11.9 Å². The van der Waals surface area contributed by atoms with Crippen LogP contribution in [0.25, 0.3) is 6.08 Å². The van der Waals surface area contributed by atoms with Crippen LogP contribution in [0.15, 0.2) is 48.0 Å². The normalized spacial score (nSPS) is 12.2. The number of aliphatic carboxylic acids is 1. The third-order valence-electron chi connectivity index (χ3n) is 3.69. The summed E-state index contributed by atoms with van der Waals surface area (Å²) in [7, 11) is 0. The molecular weight excluding hydrogens is 320 g/mol. The quantitative estimate of drug-likeness (QED) is 0.895. The molecule has 3 rings (SSSR count). The molecule has 2 aromatic rings. The molecule has 0 aromatic heterocycles. The second-order valence-electron chi connectivity index (χ2n) is 5.56. The van der Waals surface area contributed by atoms with Crippen LogP contribution in [0.5, 0.6) is 5.75 Å². The highest BCUT2D eigenvalue weighted by atomic mass is 16.5. The van der Waals surface area contributed by atoms with Crippen LogP contribution in [-0.4, -0.2) is 23.6 Å². The second kappa shape index (κ2) is 6.89. The SMILES string of the molecule is N#Cc1ccc(C(=O)Nc2ccc3c(c2)C=C(CC(=O)O)CO3)cc1. The summed E-state index contributed by atoms with van der Waals surface area (Å²) in [5.41, 5.74) is 2.88. The van der Waals surface area contributed by atoms with E-state index < -0.39 is 5.97 Å². The molecule has 124 valence electrons. The summed E-state index contributed by atoms with van der Waals surface area (Å²) < 4.78 is 5.53. The molecule has 0 fully saturated rings. The van der Waals surface area contributed by atoms with Gasteiger partial charge in [0.25, 0.3) is 5.91 Å². The van der Waals surface area contributed by atoms with Gasteiger partial charge in [-0.3, -0.25) is 9.59 Å². The Balaban J connectivity index is 1.78. The number of carbonyl (C=O) groups excluding carboxylic acids is 1. The lowest BCUT2D eigenvalue weighted by Crippen LogP contribution is -2.13. The van der Waals surface area contributed by atoms with Crippen molar-refractivity contribution in [3.8, 4) is 11.8 Å². The number of nitriles is 1. The first-order chi connectivity index (χ1) is 12.0. The van der Waals surface area contributed by atoms with Crippen LogP contribution in [-0.2, 0) is 4.79 Å². The zero-order valence-electron chi connectivity index (χ0n) is 13.2. The largest absolute Gasteiger partial charge is 0.489 e. The number of carbonyl (C=O) groups is 2. The van der Waals surface area contributed by atoms with E-state index in [0.29, 0.717) is 28.1 Å². The predicted octanol–water partition coefficient (Wildman–Crippen LogP) is 3.06. The number of ether oxygens (including phenoxy) is 1. The van der Waals surface area contributed by atoms with Crippen molar-refractivity contribution in [1.82, 2.24) is 0 Å². The van der Waals surface area contributed by atoms with E-state index in [1.807, 2.05) is 6.07 Å². The smallest absolute Gasteiger partial charge is 0.307 e. The maximum atomic E-state index is 12.3. The average molecular weight is 334 g/mol. The summed E-state index contributed by atoms with van der Waals surface area (Å²) in [6, 6.07) is 13.5. The molecule has 1 aliphatic heterocycles. The van der Waals surface area contributed by atoms with Crippen molar-refractivity contribution in [1.29, 1.82) is 5.26 Å². The highest BCUT2D eigenvalue weighted by Gasteiger charge is 2.15. The van der Waals surface area contributed by atoms with Crippen LogP contribution in [0.2, 0.25) is 0 Å². The van der Waals surface area contributed by atoms with Gasteiger partial charge < -0.3 is 15.2 Å². The molecule has 1 amide bonds. The lowest BCUT2D eigenvalue weighted by Gasteiger charge is -2.18. The molecular formula is C19H14N2O4. The lowest BCUT2D eigenvalue weighted by atomic mass is 10.0. The van der Waals surface area contributed by atoms with Crippen LogP contribution < -0.4 is 10.1 Å². The Kier molecular flexibility index (Phi) is 4.48. The van der Waals surface area contributed by atoms with Gasteiger partial charge in [0.15, 0.2) is 0 Å². The summed E-state index contributed by atoms with van der Waals surface area (Å²) >= 11 is 0. The van der Waals surface area contributed by atoms with E-state index in [9.17, 15) is 9.59 Å². The first-order valence-corrected chi connectivity index (χ1v) is 7.55. The number of nitrogens with one attached hydrogen (secondary N) is 1. The number of nitrogens with zero attached hydrogens (tertiary/aromatic N) is 1. The van der Waals surface area contributed by atoms with Crippen molar-refractivity contribution in [2.45, 2.75) is 6.42 Å². The third-order valence-corrected chi connectivity index (χ3v) is 3.69. The molecule has 0 saturated heterocycles. The molecule has 0 saturated carbocycles. The Morgan fingerprint density at radius 3 is 2.64 bits per heavy atom. The summed E-state index contributed by atoms with van der Waals surface area (Å²) in [4.78, 5) is 23.1. The Hall–Kier alpha value is -3.59. The molecule has 6 heteroatoms. The number of hydrogen-bond donors (Lipinski definition) is 2. The van der Waals surface area contributed by atoms with Crippen molar-refractivity contribution in [3.05, 3.63) is 64.7 Å². The molecule has 1 heterocycles. The zero-order chi connectivity index (χ0) is 17.8. The number of hydrogen-bond acceptors (Lipinski definition) is 4. The Morgan fingerprint density at radius 2 is 1.96 bits per heavy atom. The highest BCUT2D eigenvalue weighted by molar-refractivity contribution is 6.04. The fourth-order valence-electron chi connectivity index (χ4n) is 2.50. The fraction of sp³-hybridized carbons (Fsp3) is 0.105. The molecule has 25 heavy (non-hydrogen) atoms. The highest BCUT2D eigenvalue weighted by Crippen LogP contribution is 2.30. The van der Waals surface area contributed by atoms with Crippen molar-refractivity contribution < 1.29 is 19.4 Å². The van der Waals surface area contributed by atoms with E-state index in [1.165, 1.54) is 0 Å². The minimum Gasteiger partial charge on any atom is -0.489 e. The standard InChI is InChI=1S/C19H14N2O4/c20-10-12-1-3-14(4-2-12)19(24)21-16-5-6-17-15(9-16)7-13(11-25-17)8-18(22)23/h1-7,9H,8,11H2,(H,21,24)(H,22,23). The predicted molar refractivity (Wildman–Crippen MR) is 91.3 cm³/mol. The fourth-order valence-corrected chi connectivity index (χ4v) is 2.50. The number of rotatable bonds is 4. The number of anilines is 1. The summed E-state index contributed by atoms with van der Waals surface area (Å²) in [5.74, 6) is -0.565. The van der Waals surface area contributed by atoms with Crippen LogP contribution in [0.1, 0.15) is 27.9 Å². The summed E-state index contributed by atoms with van der Waals surface area (Å²) in [6.07, 6.45) is 1.69. The molecule has 0 bridgehead atoms. The maximum absolute atomic E-state index is 12.3. The summed E-state index contributed by atoms with van der Waals surface area (Å²) in [5, 5.41) is 20.4. The van der Waals surface area contributed by atoms with Crippen LogP contribution >= 0.6 is 0 Å². The number of fused-ring (bicyclic) bond motifs is 1. The van der Waals surface area contributed by atoms with Gasteiger partial charge in [0.05, 0.1) is 18.1 Å². The third kappa shape index (κ3) is 3.85. The van der Waals surface area contributed by atoms with Gasteiger partial charge in [-0.15, -0.1) is 0 Å². The lowest BCUT2D eigenvalue weighted by molar-refractivity contribution is -0.136. The van der Waals surface area contributed by atoms with Gasteiger partial charge in [0, 0.05) is 16.8 Å². The Morgan fingerprint density at radius 1 is 1.20 bits per heavy atom. The van der Waals surface area contributed by atoms with Crippen molar-refractivity contribution in [2.24, 2.45) is 0 Å². The van der Waals surface area contributed by atoms with Gasteiger partial charge >= 0.3 is 5.97 Å². The minimum absolute atomic E-state index is 0.0821. The molecule has 2 aromatic carbocycles. The molecule has 0 radical (unpaired) electrons. The molecule has 2 N–H and O–H groups in total. The molecule has 0 spiro atoms. The molecule has 6 nitrogen and oxygen atoms in total.